The van der Waals surface area contributed by atoms with Gasteiger partial charge in [-0.2, -0.15) is 0 Å². The summed E-state index contributed by atoms with van der Waals surface area (Å²) in [5.74, 6) is -0.513. The summed E-state index contributed by atoms with van der Waals surface area (Å²) in [5.41, 5.74) is 6.13. The Morgan fingerprint density at radius 3 is 2.52 bits per heavy atom. The van der Waals surface area contributed by atoms with Crippen LogP contribution in [0.4, 0.5) is 5.69 Å². The number of nitrogen functional groups attached to an aromatic ring is 1. The van der Waals surface area contributed by atoms with Crippen LogP contribution in [0.3, 0.4) is 0 Å². The molecule has 1 aromatic rings. The molecule has 1 amide bonds. The molecule has 1 unspecified atom stereocenters. The fraction of sp³-hybridized carbons (Fsp3) is 0.429. The average Bonchev–Trinajstić information content (AvgIpc) is 2.44. The van der Waals surface area contributed by atoms with Crippen LogP contribution in [0.1, 0.15) is 6.92 Å². The van der Waals surface area contributed by atoms with Gasteiger partial charge in [0.05, 0.1) is 6.61 Å². The molecule has 1 atom stereocenters. The maximum atomic E-state index is 11.4. The van der Waals surface area contributed by atoms with Crippen LogP contribution in [-0.2, 0) is 19.1 Å². The van der Waals surface area contributed by atoms with Gasteiger partial charge in [-0.15, -0.1) is 0 Å². The molecule has 21 heavy (non-hydrogen) atoms. The van der Waals surface area contributed by atoms with Gasteiger partial charge in [0.25, 0.3) is 5.91 Å². The van der Waals surface area contributed by atoms with Crippen molar-refractivity contribution in [2.24, 2.45) is 0 Å². The molecule has 1 rings (SSSR count). The molecular formula is C14H20N2O5. The Hall–Kier alpha value is -2.28. The number of hydrogen-bond donors (Lipinski definition) is 2. The van der Waals surface area contributed by atoms with Crippen molar-refractivity contribution in [2.45, 2.75) is 13.0 Å². The van der Waals surface area contributed by atoms with Gasteiger partial charge in [0, 0.05) is 18.8 Å². The van der Waals surface area contributed by atoms with Crippen LogP contribution in [-0.4, -0.2) is 44.8 Å². The summed E-state index contributed by atoms with van der Waals surface area (Å²) in [5, 5.41) is 2.62. The molecule has 116 valence electrons. The molecule has 0 aliphatic rings. The lowest BCUT2D eigenvalue weighted by molar-refractivity contribution is -0.150. The molecule has 3 N–H and O–H groups in total. The molecule has 0 radical (unpaired) electrons. The van der Waals surface area contributed by atoms with Crippen molar-refractivity contribution in [3.8, 4) is 5.75 Å². The van der Waals surface area contributed by atoms with Gasteiger partial charge < -0.3 is 25.3 Å². The minimum absolute atomic E-state index is 0.146. The highest BCUT2D eigenvalue weighted by molar-refractivity contribution is 5.81. The van der Waals surface area contributed by atoms with Gasteiger partial charge in [0.2, 0.25) is 0 Å². The summed E-state index contributed by atoms with van der Waals surface area (Å²) in [6.45, 7) is 1.55. The summed E-state index contributed by atoms with van der Waals surface area (Å²) >= 11 is 0. The van der Waals surface area contributed by atoms with Crippen LogP contribution in [0.25, 0.3) is 0 Å². The van der Waals surface area contributed by atoms with Crippen LogP contribution in [0.5, 0.6) is 5.75 Å². The summed E-state index contributed by atoms with van der Waals surface area (Å²) in [4.78, 5) is 22.9. The molecule has 0 spiro atoms. The second kappa shape index (κ2) is 8.80. The number of nitrogens with one attached hydrogen (secondary N) is 1. The van der Waals surface area contributed by atoms with E-state index in [1.165, 1.54) is 7.11 Å². The smallest absolute Gasteiger partial charge is 0.344 e. The van der Waals surface area contributed by atoms with E-state index in [0.717, 1.165) is 0 Å². The third kappa shape index (κ3) is 7.17. The van der Waals surface area contributed by atoms with Gasteiger partial charge in [0.15, 0.2) is 13.2 Å². The number of hydrogen-bond acceptors (Lipinski definition) is 6. The molecule has 7 heteroatoms. The van der Waals surface area contributed by atoms with Crippen molar-refractivity contribution >= 4 is 17.6 Å². The maximum absolute atomic E-state index is 11.4. The maximum Gasteiger partial charge on any atom is 0.344 e. The van der Waals surface area contributed by atoms with Crippen molar-refractivity contribution in [3.63, 3.8) is 0 Å². The zero-order valence-electron chi connectivity index (χ0n) is 12.1. The second-order valence-corrected chi connectivity index (χ2v) is 4.44. The normalized spacial score (nSPS) is 11.5. The van der Waals surface area contributed by atoms with Gasteiger partial charge in [0.1, 0.15) is 5.75 Å². The first-order valence-electron chi connectivity index (χ1n) is 6.43. The highest BCUT2D eigenvalue weighted by Gasteiger charge is 2.10. The van der Waals surface area contributed by atoms with E-state index < -0.39 is 5.97 Å². The number of amides is 1. The monoisotopic (exact) mass is 296 g/mol. The quantitative estimate of drug-likeness (QED) is 0.530. The fourth-order valence-electron chi connectivity index (χ4n) is 1.50. The summed E-state index contributed by atoms with van der Waals surface area (Å²) in [6.07, 6.45) is 0. The first kappa shape index (κ1) is 16.8. The largest absolute Gasteiger partial charge is 0.482 e. The Labute approximate surface area is 123 Å². The Kier molecular flexibility index (Phi) is 7.03. The topological polar surface area (TPSA) is 99.9 Å². The number of carbonyl (C=O) groups is 2. The number of methoxy groups -OCH3 is 1. The summed E-state index contributed by atoms with van der Waals surface area (Å²) < 4.78 is 14.9. The standard InChI is InChI=1S/C14H20N2O5/c1-10(7-19-2)16-13(17)8-21-14(18)9-20-12-5-3-11(15)4-6-12/h3-6,10H,7-9,15H2,1-2H3,(H,16,17). The van der Waals surface area contributed by atoms with E-state index in [1.54, 1.807) is 31.2 Å². The lowest BCUT2D eigenvalue weighted by atomic mass is 10.3. The fourth-order valence-corrected chi connectivity index (χ4v) is 1.50. The van der Waals surface area contributed by atoms with E-state index >= 15 is 0 Å². The number of rotatable bonds is 8. The SMILES string of the molecule is COCC(C)NC(=O)COC(=O)COc1ccc(N)cc1. The number of esters is 1. The first-order chi connectivity index (χ1) is 10.0. The zero-order chi connectivity index (χ0) is 15.7. The van der Waals surface area contributed by atoms with Crippen molar-refractivity contribution in [2.75, 3.05) is 32.7 Å². The van der Waals surface area contributed by atoms with E-state index in [9.17, 15) is 9.59 Å². The van der Waals surface area contributed by atoms with Crippen LogP contribution in [0, 0.1) is 0 Å². The Balaban J connectivity index is 2.21. The molecule has 0 aromatic heterocycles. The second-order valence-electron chi connectivity index (χ2n) is 4.44. The van der Waals surface area contributed by atoms with E-state index in [0.29, 0.717) is 18.0 Å². The van der Waals surface area contributed by atoms with E-state index in [1.807, 2.05) is 0 Å². The van der Waals surface area contributed by atoms with Gasteiger partial charge in [-0.3, -0.25) is 4.79 Å². The minimum atomic E-state index is -0.624. The number of nitrogens with two attached hydrogens (primary N) is 1. The van der Waals surface area contributed by atoms with Gasteiger partial charge >= 0.3 is 5.97 Å². The number of carbonyl (C=O) groups excluding carboxylic acids is 2. The predicted octanol–water partition coefficient (Wildman–Crippen LogP) is 0.342. The number of anilines is 1. The number of benzene rings is 1. The lowest BCUT2D eigenvalue weighted by Gasteiger charge is -2.12. The Bertz CT molecular complexity index is 461. The molecule has 0 aliphatic carbocycles. The van der Waals surface area contributed by atoms with Crippen LogP contribution >= 0.6 is 0 Å². The first-order valence-corrected chi connectivity index (χ1v) is 6.43. The van der Waals surface area contributed by atoms with E-state index in [-0.39, 0.29) is 25.2 Å². The molecule has 0 saturated carbocycles. The molecule has 0 heterocycles. The highest BCUT2D eigenvalue weighted by Crippen LogP contribution is 2.12. The van der Waals surface area contributed by atoms with Crippen molar-refractivity contribution in [3.05, 3.63) is 24.3 Å². The third-order valence-corrected chi connectivity index (χ3v) is 2.43. The van der Waals surface area contributed by atoms with E-state index in [2.05, 4.69) is 5.32 Å². The van der Waals surface area contributed by atoms with Crippen LogP contribution in [0.15, 0.2) is 24.3 Å². The summed E-state index contributed by atoms with van der Waals surface area (Å²) in [7, 11) is 1.54. The van der Waals surface area contributed by atoms with Crippen LogP contribution in [0.2, 0.25) is 0 Å². The zero-order valence-corrected chi connectivity index (χ0v) is 12.1. The molecule has 0 aliphatic heterocycles. The molecule has 7 nitrogen and oxygen atoms in total. The van der Waals surface area contributed by atoms with Crippen molar-refractivity contribution < 1.29 is 23.8 Å². The Morgan fingerprint density at radius 1 is 1.24 bits per heavy atom. The molecule has 1 aromatic carbocycles. The van der Waals surface area contributed by atoms with Gasteiger partial charge in [-0.25, -0.2) is 4.79 Å². The van der Waals surface area contributed by atoms with Gasteiger partial charge in [-0.05, 0) is 31.2 Å². The number of ether oxygens (including phenoxy) is 3. The molecular weight excluding hydrogens is 276 g/mol. The van der Waals surface area contributed by atoms with E-state index in [4.69, 9.17) is 19.9 Å². The Morgan fingerprint density at radius 2 is 1.90 bits per heavy atom. The molecule has 0 fully saturated rings. The summed E-state index contributed by atoms with van der Waals surface area (Å²) in [6, 6.07) is 6.45. The van der Waals surface area contributed by atoms with Crippen LogP contribution < -0.4 is 15.8 Å². The lowest BCUT2D eigenvalue weighted by Crippen LogP contribution is -2.38. The van der Waals surface area contributed by atoms with Crippen molar-refractivity contribution in [1.29, 1.82) is 0 Å². The molecule has 0 saturated heterocycles. The minimum Gasteiger partial charge on any atom is -0.482 e. The predicted molar refractivity (Wildman–Crippen MR) is 76.8 cm³/mol. The molecule has 0 bridgehead atoms. The van der Waals surface area contributed by atoms with Crippen molar-refractivity contribution in [1.82, 2.24) is 5.32 Å². The highest BCUT2D eigenvalue weighted by atomic mass is 16.6. The third-order valence-electron chi connectivity index (χ3n) is 2.43. The average molecular weight is 296 g/mol. The van der Waals surface area contributed by atoms with Gasteiger partial charge in [-0.1, -0.05) is 0 Å².